The molecule has 0 atom stereocenters. The molecule has 1 heterocycles. The minimum Gasteiger partial charge on any atom is -0.495 e. The maximum absolute atomic E-state index is 12.8. The Morgan fingerprint density at radius 3 is 2.75 bits per heavy atom. The summed E-state index contributed by atoms with van der Waals surface area (Å²) in [6, 6.07) is 11.4. The first-order valence-corrected chi connectivity index (χ1v) is 8.16. The van der Waals surface area contributed by atoms with Crippen LogP contribution in [0.3, 0.4) is 0 Å². The van der Waals surface area contributed by atoms with Gasteiger partial charge in [0.05, 0.1) is 18.4 Å². The van der Waals surface area contributed by atoms with Gasteiger partial charge in [-0.2, -0.15) is 0 Å². The average Bonchev–Trinajstić information content (AvgIpc) is 2.97. The van der Waals surface area contributed by atoms with Gasteiger partial charge < -0.3 is 14.6 Å². The van der Waals surface area contributed by atoms with Crippen LogP contribution in [0.1, 0.15) is 22.8 Å². The van der Waals surface area contributed by atoms with E-state index in [0.717, 1.165) is 23.0 Å². The molecule has 0 unspecified atom stereocenters. The van der Waals surface area contributed by atoms with E-state index in [2.05, 4.69) is 16.8 Å². The summed E-state index contributed by atoms with van der Waals surface area (Å²) in [4.78, 5) is 12.8. The Morgan fingerprint density at radius 2 is 2.04 bits per heavy atom. The Kier molecular flexibility index (Phi) is 4.49. The number of ether oxygens (including phenoxy) is 1. The van der Waals surface area contributed by atoms with E-state index < -0.39 is 0 Å². The lowest BCUT2D eigenvalue weighted by Gasteiger charge is -2.12. The van der Waals surface area contributed by atoms with E-state index in [1.807, 2.05) is 43.5 Å². The van der Waals surface area contributed by atoms with Gasteiger partial charge in [-0.25, -0.2) is 0 Å². The Bertz CT molecular complexity index is 915. The van der Waals surface area contributed by atoms with Gasteiger partial charge >= 0.3 is 0 Å². The number of amides is 1. The highest BCUT2D eigenvalue weighted by molar-refractivity contribution is 6.31. The molecule has 2 aromatic carbocycles. The van der Waals surface area contributed by atoms with Gasteiger partial charge in [-0.1, -0.05) is 29.8 Å². The number of methoxy groups -OCH3 is 1. The van der Waals surface area contributed by atoms with Crippen LogP contribution in [0.2, 0.25) is 5.02 Å². The summed E-state index contributed by atoms with van der Waals surface area (Å²) in [7, 11) is 1.56. The first-order valence-electron chi connectivity index (χ1n) is 7.78. The molecule has 0 saturated carbocycles. The molecule has 1 N–H and O–H groups in total. The second-order valence-corrected chi connectivity index (χ2v) is 6.01. The zero-order valence-electron chi connectivity index (χ0n) is 13.9. The lowest BCUT2D eigenvalue weighted by molar-refractivity contribution is 0.102. The summed E-state index contributed by atoms with van der Waals surface area (Å²) >= 11 is 6.12. The SMILES string of the molecule is CCn1cc(C(=O)Nc2cc(C)c(Cl)cc2OC)c2ccccc21. The van der Waals surface area contributed by atoms with E-state index >= 15 is 0 Å². The maximum Gasteiger partial charge on any atom is 0.257 e. The molecule has 0 aliphatic heterocycles. The molecule has 0 aliphatic rings. The summed E-state index contributed by atoms with van der Waals surface area (Å²) in [5.41, 5.74) is 3.17. The van der Waals surface area contributed by atoms with Crippen molar-refractivity contribution in [1.82, 2.24) is 4.57 Å². The van der Waals surface area contributed by atoms with Gasteiger partial charge in [0.1, 0.15) is 5.75 Å². The molecule has 0 fully saturated rings. The number of halogens is 1. The van der Waals surface area contributed by atoms with Gasteiger partial charge in [-0.3, -0.25) is 4.79 Å². The van der Waals surface area contributed by atoms with Crippen molar-refractivity contribution < 1.29 is 9.53 Å². The van der Waals surface area contributed by atoms with E-state index in [1.165, 1.54) is 0 Å². The van der Waals surface area contributed by atoms with Crippen molar-refractivity contribution in [2.45, 2.75) is 20.4 Å². The number of para-hydroxylation sites is 1. The van der Waals surface area contributed by atoms with E-state index in [-0.39, 0.29) is 5.91 Å². The highest BCUT2D eigenvalue weighted by atomic mass is 35.5. The molecule has 1 amide bonds. The maximum atomic E-state index is 12.8. The number of benzene rings is 2. The van der Waals surface area contributed by atoms with Crippen LogP contribution >= 0.6 is 11.6 Å². The van der Waals surface area contributed by atoms with Crippen LogP contribution in [0, 0.1) is 6.92 Å². The van der Waals surface area contributed by atoms with E-state index in [4.69, 9.17) is 16.3 Å². The minimum absolute atomic E-state index is 0.168. The Hall–Kier alpha value is -2.46. The zero-order valence-corrected chi connectivity index (χ0v) is 14.6. The van der Waals surface area contributed by atoms with Gasteiger partial charge in [0, 0.05) is 34.7 Å². The van der Waals surface area contributed by atoms with Crippen molar-refractivity contribution in [3.63, 3.8) is 0 Å². The van der Waals surface area contributed by atoms with Gasteiger partial charge in [0.2, 0.25) is 0 Å². The molecule has 3 rings (SSSR count). The van der Waals surface area contributed by atoms with Crippen LogP contribution in [0.25, 0.3) is 10.9 Å². The molecular weight excluding hydrogens is 324 g/mol. The Balaban J connectivity index is 2.01. The smallest absolute Gasteiger partial charge is 0.257 e. The second-order valence-electron chi connectivity index (χ2n) is 5.60. The Morgan fingerprint density at radius 1 is 1.29 bits per heavy atom. The number of aromatic nitrogens is 1. The van der Waals surface area contributed by atoms with Crippen LogP contribution in [-0.4, -0.2) is 17.6 Å². The zero-order chi connectivity index (χ0) is 17.3. The fourth-order valence-electron chi connectivity index (χ4n) is 2.81. The van der Waals surface area contributed by atoms with Crippen LogP contribution < -0.4 is 10.1 Å². The highest BCUT2D eigenvalue weighted by Crippen LogP contribution is 2.32. The summed E-state index contributed by atoms with van der Waals surface area (Å²) < 4.78 is 7.39. The van der Waals surface area contributed by atoms with Crippen LogP contribution in [0.15, 0.2) is 42.6 Å². The predicted octanol–water partition coefficient (Wildman–Crippen LogP) is 4.88. The topological polar surface area (TPSA) is 43.3 Å². The molecule has 24 heavy (non-hydrogen) atoms. The number of nitrogens with one attached hydrogen (secondary N) is 1. The van der Waals surface area contributed by atoms with Crippen LogP contribution in [0.4, 0.5) is 5.69 Å². The molecule has 5 heteroatoms. The van der Waals surface area contributed by atoms with E-state index in [9.17, 15) is 4.79 Å². The number of hydrogen-bond acceptors (Lipinski definition) is 2. The molecule has 0 saturated heterocycles. The fourth-order valence-corrected chi connectivity index (χ4v) is 2.96. The van der Waals surface area contributed by atoms with Gasteiger partial charge in [0.25, 0.3) is 5.91 Å². The van der Waals surface area contributed by atoms with Crippen LogP contribution in [0.5, 0.6) is 5.75 Å². The quantitative estimate of drug-likeness (QED) is 0.734. The molecule has 124 valence electrons. The number of nitrogens with zero attached hydrogens (tertiary/aromatic N) is 1. The molecule has 0 spiro atoms. The van der Waals surface area contributed by atoms with E-state index in [1.54, 1.807) is 13.2 Å². The van der Waals surface area contributed by atoms with Crippen molar-refractivity contribution in [2.24, 2.45) is 0 Å². The van der Waals surface area contributed by atoms with Crippen LogP contribution in [-0.2, 0) is 6.54 Å². The normalized spacial score (nSPS) is 10.8. The summed E-state index contributed by atoms with van der Waals surface area (Å²) in [5, 5.41) is 4.48. The van der Waals surface area contributed by atoms with E-state index in [0.29, 0.717) is 22.0 Å². The molecule has 0 radical (unpaired) electrons. The fraction of sp³-hybridized carbons (Fsp3) is 0.211. The number of carbonyl (C=O) groups excluding carboxylic acids is 1. The summed E-state index contributed by atoms with van der Waals surface area (Å²) in [6.45, 7) is 4.75. The number of anilines is 1. The lowest BCUT2D eigenvalue weighted by atomic mass is 10.1. The Labute approximate surface area is 146 Å². The monoisotopic (exact) mass is 342 g/mol. The first-order chi connectivity index (χ1) is 11.5. The number of carbonyl (C=O) groups is 1. The third kappa shape index (κ3) is 2.85. The summed E-state index contributed by atoms with van der Waals surface area (Å²) in [6.07, 6.45) is 1.88. The first kappa shape index (κ1) is 16.4. The number of aryl methyl sites for hydroxylation is 2. The van der Waals surface area contributed by atoms with Gasteiger partial charge in [-0.05, 0) is 31.5 Å². The molecular formula is C19H19ClN2O2. The lowest BCUT2D eigenvalue weighted by Crippen LogP contribution is -2.12. The van der Waals surface area contributed by atoms with Crippen molar-refractivity contribution in [2.75, 3.05) is 12.4 Å². The van der Waals surface area contributed by atoms with Gasteiger partial charge in [0.15, 0.2) is 0 Å². The number of rotatable bonds is 4. The minimum atomic E-state index is -0.168. The van der Waals surface area contributed by atoms with Gasteiger partial charge in [-0.15, -0.1) is 0 Å². The predicted molar refractivity (Wildman–Crippen MR) is 98.3 cm³/mol. The van der Waals surface area contributed by atoms with Crippen molar-refractivity contribution in [3.05, 3.63) is 58.7 Å². The number of hydrogen-bond donors (Lipinski definition) is 1. The average molecular weight is 343 g/mol. The second kappa shape index (κ2) is 6.57. The standard InChI is InChI=1S/C19H19ClN2O2/c1-4-22-11-14(13-7-5-6-8-17(13)22)19(23)21-16-9-12(2)15(20)10-18(16)24-3/h5-11H,4H2,1-3H3,(H,21,23). The highest BCUT2D eigenvalue weighted by Gasteiger charge is 2.16. The van der Waals surface area contributed by atoms with Crippen molar-refractivity contribution in [3.8, 4) is 5.75 Å². The molecule has 1 aromatic heterocycles. The third-order valence-electron chi connectivity index (χ3n) is 4.10. The summed E-state index contributed by atoms with van der Waals surface area (Å²) in [5.74, 6) is 0.372. The third-order valence-corrected chi connectivity index (χ3v) is 4.51. The molecule has 4 nitrogen and oxygen atoms in total. The van der Waals surface area contributed by atoms with Crippen molar-refractivity contribution in [1.29, 1.82) is 0 Å². The largest absolute Gasteiger partial charge is 0.495 e. The molecule has 0 bridgehead atoms. The molecule has 3 aromatic rings. The van der Waals surface area contributed by atoms with Crippen molar-refractivity contribution >= 4 is 34.1 Å². The molecule has 0 aliphatic carbocycles. The number of fused-ring (bicyclic) bond motifs is 1.